The van der Waals surface area contributed by atoms with E-state index in [1.165, 1.54) is 27.1 Å². The summed E-state index contributed by atoms with van der Waals surface area (Å²) in [7, 11) is 0. The topological polar surface area (TPSA) is 28.7 Å². The first-order chi connectivity index (χ1) is 7.93. The molecule has 1 N–H and O–H groups in total. The quantitative estimate of drug-likeness (QED) is 0.481. The molecule has 3 heterocycles. The molecule has 0 amide bonds. The number of nitrogens with one attached hydrogen (secondary N) is 1. The summed E-state index contributed by atoms with van der Waals surface area (Å²) in [5, 5.41) is 9.31. The molecule has 0 saturated carbocycles. The summed E-state index contributed by atoms with van der Waals surface area (Å²) >= 11 is 1.72. The Morgan fingerprint density at radius 2 is 2.00 bits per heavy atom. The van der Waals surface area contributed by atoms with Crippen molar-refractivity contribution in [3.63, 3.8) is 0 Å². The average Bonchev–Trinajstić information content (AvgIpc) is 2.88. The first kappa shape index (κ1) is 8.30. The molecule has 0 aliphatic heterocycles. The van der Waals surface area contributed by atoms with Crippen LogP contribution in [0.1, 0.15) is 0 Å². The molecular formula is C13H8N2S. The van der Waals surface area contributed by atoms with Crippen LogP contribution in [0.15, 0.2) is 41.2 Å². The summed E-state index contributed by atoms with van der Waals surface area (Å²) in [6.45, 7) is 0. The maximum absolute atomic E-state index is 4.47. The third-order valence-electron chi connectivity index (χ3n) is 2.98. The van der Waals surface area contributed by atoms with Crippen molar-refractivity contribution >= 4 is 44.0 Å². The van der Waals surface area contributed by atoms with Crippen molar-refractivity contribution in [1.82, 2.24) is 9.97 Å². The van der Waals surface area contributed by atoms with E-state index in [4.69, 9.17) is 0 Å². The maximum atomic E-state index is 4.47. The third-order valence-corrected chi connectivity index (χ3v) is 3.73. The highest BCUT2D eigenvalue weighted by atomic mass is 32.1. The van der Waals surface area contributed by atoms with Gasteiger partial charge in [0.05, 0.1) is 5.52 Å². The van der Waals surface area contributed by atoms with Gasteiger partial charge in [0.25, 0.3) is 0 Å². The Hall–Kier alpha value is -1.87. The molecule has 0 unspecified atom stereocenters. The number of aromatic nitrogens is 2. The molecule has 16 heavy (non-hydrogen) atoms. The lowest BCUT2D eigenvalue weighted by Crippen LogP contribution is -1.78. The van der Waals surface area contributed by atoms with E-state index >= 15 is 0 Å². The number of pyridine rings is 1. The lowest BCUT2D eigenvalue weighted by atomic mass is 10.1. The minimum atomic E-state index is 0.983. The summed E-state index contributed by atoms with van der Waals surface area (Å²) in [4.78, 5) is 7.82. The van der Waals surface area contributed by atoms with E-state index in [1.807, 2.05) is 12.3 Å². The molecular weight excluding hydrogens is 216 g/mol. The smallest absolute Gasteiger partial charge is 0.139 e. The van der Waals surface area contributed by atoms with Crippen LogP contribution in [0.3, 0.4) is 0 Å². The molecule has 0 radical (unpaired) electrons. The number of aromatic amines is 1. The fraction of sp³-hybridized carbons (Fsp3) is 0. The molecule has 0 bridgehead atoms. The SMILES string of the molecule is c1ccc2c(c1)cnc1[nH]c3cscc3c12. The van der Waals surface area contributed by atoms with E-state index in [9.17, 15) is 0 Å². The lowest BCUT2D eigenvalue weighted by molar-refractivity contribution is 1.37. The van der Waals surface area contributed by atoms with Crippen LogP contribution in [-0.2, 0) is 0 Å². The summed E-state index contributed by atoms with van der Waals surface area (Å²) in [5.41, 5.74) is 2.17. The summed E-state index contributed by atoms with van der Waals surface area (Å²) in [5.74, 6) is 0. The summed E-state index contributed by atoms with van der Waals surface area (Å²) in [6, 6.07) is 8.39. The number of H-pyrrole nitrogens is 1. The molecule has 0 aliphatic carbocycles. The van der Waals surface area contributed by atoms with E-state index < -0.39 is 0 Å². The van der Waals surface area contributed by atoms with Crippen molar-refractivity contribution in [3.8, 4) is 0 Å². The van der Waals surface area contributed by atoms with Gasteiger partial charge in [-0.1, -0.05) is 24.3 Å². The second-order valence-electron chi connectivity index (χ2n) is 3.89. The molecule has 0 saturated heterocycles. The third kappa shape index (κ3) is 0.933. The van der Waals surface area contributed by atoms with Crippen LogP contribution >= 0.6 is 11.3 Å². The van der Waals surface area contributed by atoms with E-state index in [-0.39, 0.29) is 0 Å². The molecule has 0 spiro atoms. The highest BCUT2D eigenvalue weighted by molar-refractivity contribution is 7.09. The standard InChI is InChI=1S/C13H8N2S/c1-2-4-9-8(3-1)5-14-13-12(9)10-6-16-7-11(10)15-13/h1-7H,(H,14,15). The second-order valence-corrected chi connectivity index (χ2v) is 4.64. The molecule has 4 aromatic rings. The molecule has 0 aliphatic rings. The van der Waals surface area contributed by atoms with Gasteiger partial charge in [-0.05, 0) is 5.39 Å². The first-order valence-electron chi connectivity index (χ1n) is 5.15. The minimum absolute atomic E-state index is 0.983. The number of benzene rings is 1. The van der Waals surface area contributed by atoms with E-state index in [0.29, 0.717) is 0 Å². The van der Waals surface area contributed by atoms with Gasteiger partial charge in [0, 0.05) is 33.1 Å². The van der Waals surface area contributed by atoms with Crippen LogP contribution in [-0.4, -0.2) is 9.97 Å². The fourth-order valence-electron chi connectivity index (χ4n) is 2.25. The average molecular weight is 224 g/mol. The largest absolute Gasteiger partial charge is 0.339 e. The Bertz CT molecular complexity index is 810. The predicted octanol–water partition coefficient (Wildman–Crippen LogP) is 3.93. The van der Waals surface area contributed by atoms with Gasteiger partial charge in [0.2, 0.25) is 0 Å². The number of hydrogen-bond acceptors (Lipinski definition) is 2. The predicted molar refractivity (Wildman–Crippen MR) is 69.0 cm³/mol. The van der Waals surface area contributed by atoms with Crippen molar-refractivity contribution in [2.45, 2.75) is 0 Å². The van der Waals surface area contributed by atoms with Crippen LogP contribution < -0.4 is 0 Å². The van der Waals surface area contributed by atoms with Gasteiger partial charge < -0.3 is 4.98 Å². The van der Waals surface area contributed by atoms with Crippen LogP contribution in [0.2, 0.25) is 0 Å². The van der Waals surface area contributed by atoms with Gasteiger partial charge in [-0.25, -0.2) is 4.98 Å². The molecule has 0 atom stereocenters. The Kier molecular flexibility index (Phi) is 1.47. The Balaban J connectivity index is 2.41. The molecule has 0 fully saturated rings. The normalized spacial score (nSPS) is 11.8. The zero-order valence-corrected chi connectivity index (χ0v) is 9.21. The monoisotopic (exact) mass is 224 g/mol. The van der Waals surface area contributed by atoms with Gasteiger partial charge in [0.15, 0.2) is 0 Å². The van der Waals surface area contributed by atoms with Gasteiger partial charge in [-0.3, -0.25) is 0 Å². The number of thiophene rings is 1. The van der Waals surface area contributed by atoms with E-state index in [1.54, 1.807) is 11.3 Å². The molecule has 1 aromatic carbocycles. The lowest BCUT2D eigenvalue weighted by Gasteiger charge is -1.98. The number of hydrogen-bond donors (Lipinski definition) is 1. The highest BCUT2D eigenvalue weighted by Gasteiger charge is 2.08. The Morgan fingerprint density at radius 3 is 3.00 bits per heavy atom. The molecule has 2 nitrogen and oxygen atoms in total. The molecule has 76 valence electrons. The minimum Gasteiger partial charge on any atom is -0.339 e. The van der Waals surface area contributed by atoms with Crippen molar-refractivity contribution < 1.29 is 0 Å². The van der Waals surface area contributed by atoms with Gasteiger partial charge in [0.1, 0.15) is 5.65 Å². The number of nitrogens with zero attached hydrogens (tertiary/aromatic N) is 1. The second kappa shape index (κ2) is 2.83. The Labute approximate surface area is 95.5 Å². The van der Waals surface area contributed by atoms with Crippen LogP contribution in [0, 0.1) is 0 Å². The molecule has 4 rings (SSSR count). The maximum Gasteiger partial charge on any atom is 0.139 e. The molecule has 3 aromatic heterocycles. The summed E-state index contributed by atoms with van der Waals surface area (Å²) < 4.78 is 0. The number of fused-ring (bicyclic) bond motifs is 5. The van der Waals surface area contributed by atoms with Crippen LogP contribution in [0.25, 0.3) is 32.7 Å². The van der Waals surface area contributed by atoms with Crippen LogP contribution in [0.5, 0.6) is 0 Å². The first-order valence-corrected chi connectivity index (χ1v) is 6.09. The fourth-order valence-corrected chi connectivity index (χ4v) is 3.02. The number of rotatable bonds is 0. The van der Waals surface area contributed by atoms with Gasteiger partial charge >= 0.3 is 0 Å². The van der Waals surface area contributed by atoms with Gasteiger partial charge in [-0.2, -0.15) is 0 Å². The van der Waals surface area contributed by atoms with Crippen LogP contribution in [0.4, 0.5) is 0 Å². The van der Waals surface area contributed by atoms with Crippen molar-refractivity contribution in [1.29, 1.82) is 0 Å². The molecule has 3 heteroatoms. The summed E-state index contributed by atoms with van der Waals surface area (Å²) in [6.07, 6.45) is 1.93. The zero-order valence-electron chi connectivity index (χ0n) is 8.40. The van der Waals surface area contributed by atoms with Gasteiger partial charge in [-0.15, -0.1) is 11.3 Å². The Morgan fingerprint density at radius 1 is 1.06 bits per heavy atom. The van der Waals surface area contributed by atoms with Crippen molar-refractivity contribution in [2.24, 2.45) is 0 Å². The zero-order chi connectivity index (χ0) is 10.5. The van der Waals surface area contributed by atoms with Crippen molar-refractivity contribution in [2.75, 3.05) is 0 Å². The van der Waals surface area contributed by atoms with Crippen molar-refractivity contribution in [3.05, 3.63) is 41.2 Å². The highest BCUT2D eigenvalue weighted by Crippen LogP contribution is 2.32. The van der Waals surface area contributed by atoms with E-state index in [0.717, 1.165) is 5.65 Å². The van der Waals surface area contributed by atoms with E-state index in [2.05, 4.69) is 38.9 Å².